The molecule has 0 bridgehead atoms. The molecule has 0 saturated carbocycles. The van der Waals surface area contributed by atoms with Gasteiger partial charge in [-0.05, 0) is 37.5 Å². The number of hydrogen-bond donors (Lipinski definition) is 3. The van der Waals surface area contributed by atoms with E-state index in [2.05, 4.69) is 64.0 Å². The first-order valence-electron chi connectivity index (χ1n) is 10.5. The molecule has 5 nitrogen and oxygen atoms in total. The molecule has 3 rings (SSSR count). The van der Waals surface area contributed by atoms with Crippen LogP contribution in [0.25, 0.3) is 0 Å². The molecule has 3 aliphatic rings. The summed E-state index contributed by atoms with van der Waals surface area (Å²) in [5, 5.41) is 11.2. The highest BCUT2D eigenvalue weighted by molar-refractivity contribution is 6.30. The van der Waals surface area contributed by atoms with E-state index in [4.69, 9.17) is 11.6 Å². The maximum absolute atomic E-state index is 6.64. The predicted molar refractivity (Wildman–Crippen MR) is 124 cm³/mol. The number of rotatable bonds is 6. The van der Waals surface area contributed by atoms with Crippen LogP contribution in [-0.2, 0) is 0 Å². The van der Waals surface area contributed by atoms with E-state index in [1.165, 1.54) is 11.1 Å². The summed E-state index contributed by atoms with van der Waals surface area (Å²) in [6.45, 7) is 10.7. The molecule has 6 heteroatoms. The van der Waals surface area contributed by atoms with Crippen LogP contribution in [-0.4, -0.2) is 49.4 Å². The highest BCUT2D eigenvalue weighted by atomic mass is 35.5. The van der Waals surface area contributed by atoms with Gasteiger partial charge in [-0.2, -0.15) is 0 Å². The quantitative estimate of drug-likeness (QED) is 0.623. The van der Waals surface area contributed by atoms with Crippen LogP contribution in [0.4, 0.5) is 0 Å². The zero-order valence-corrected chi connectivity index (χ0v) is 18.4. The number of piperazine rings is 1. The molecule has 156 valence electrons. The second kappa shape index (κ2) is 10.5. The summed E-state index contributed by atoms with van der Waals surface area (Å²) in [5.74, 6) is 0. The second-order valence-electron chi connectivity index (χ2n) is 7.41. The number of halogens is 1. The van der Waals surface area contributed by atoms with Crippen molar-refractivity contribution in [3.8, 4) is 0 Å². The summed E-state index contributed by atoms with van der Waals surface area (Å²) in [5.41, 5.74) is 5.54. The van der Waals surface area contributed by atoms with Crippen molar-refractivity contribution in [2.24, 2.45) is 4.99 Å². The molecule has 0 aromatic carbocycles. The summed E-state index contributed by atoms with van der Waals surface area (Å²) in [6, 6.07) is 0.408. The molecule has 1 atom stereocenters. The Kier molecular flexibility index (Phi) is 7.78. The van der Waals surface area contributed by atoms with E-state index in [1.807, 2.05) is 25.4 Å². The van der Waals surface area contributed by atoms with Crippen LogP contribution in [0.5, 0.6) is 0 Å². The van der Waals surface area contributed by atoms with Crippen LogP contribution in [0.3, 0.4) is 0 Å². The Hall–Kier alpha value is -2.24. The predicted octanol–water partition coefficient (Wildman–Crippen LogP) is 3.57. The lowest BCUT2D eigenvalue weighted by molar-refractivity contribution is 0.223. The van der Waals surface area contributed by atoms with Gasteiger partial charge in [-0.1, -0.05) is 42.8 Å². The average Bonchev–Trinajstić information content (AvgIpc) is 2.73. The van der Waals surface area contributed by atoms with Crippen molar-refractivity contribution in [1.82, 2.24) is 20.9 Å². The summed E-state index contributed by atoms with van der Waals surface area (Å²) in [4.78, 5) is 7.00. The van der Waals surface area contributed by atoms with Gasteiger partial charge in [0.05, 0.1) is 28.7 Å². The molecule has 0 amide bonds. The van der Waals surface area contributed by atoms with Gasteiger partial charge in [0.25, 0.3) is 0 Å². The van der Waals surface area contributed by atoms with Crippen molar-refractivity contribution in [2.75, 3.05) is 32.7 Å². The van der Waals surface area contributed by atoms with Crippen LogP contribution in [0.2, 0.25) is 0 Å². The Balaban J connectivity index is 1.75. The molecule has 0 aromatic rings. The fourth-order valence-electron chi connectivity index (χ4n) is 3.72. The largest absolute Gasteiger partial charge is 0.384 e. The zero-order chi connectivity index (χ0) is 20.6. The standard InChI is InChI=1S/C23H32ClN5/c1-4-6-19-8-7-18(12-21(19)27-9-5-2)14-28-22-16-26-15-20(24)23(22)29-11-10-25-13-17(29)3/h5-9,12,16-17,25-26,28H,4,10-11,13-15H2,1-3H3/b9-5-,19-6+,27-21+. The van der Waals surface area contributed by atoms with Gasteiger partial charge < -0.3 is 20.9 Å². The molecular weight excluding hydrogens is 382 g/mol. The van der Waals surface area contributed by atoms with E-state index in [-0.39, 0.29) is 0 Å². The molecular formula is C23H32ClN5. The van der Waals surface area contributed by atoms with Crippen molar-refractivity contribution < 1.29 is 0 Å². The number of hydrogen-bond acceptors (Lipinski definition) is 5. The van der Waals surface area contributed by atoms with Gasteiger partial charge in [-0.25, -0.2) is 0 Å². The third-order valence-corrected chi connectivity index (χ3v) is 5.48. The minimum Gasteiger partial charge on any atom is -0.384 e. The van der Waals surface area contributed by atoms with Crippen molar-refractivity contribution in [1.29, 1.82) is 0 Å². The topological polar surface area (TPSA) is 51.7 Å². The van der Waals surface area contributed by atoms with Gasteiger partial charge >= 0.3 is 0 Å². The highest BCUT2D eigenvalue weighted by Crippen LogP contribution is 2.26. The van der Waals surface area contributed by atoms with Gasteiger partial charge in [-0.3, -0.25) is 4.99 Å². The monoisotopic (exact) mass is 413 g/mol. The minimum absolute atomic E-state index is 0.408. The number of nitrogens with one attached hydrogen (secondary N) is 3. The van der Waals surface area contributed by atoms with E-state index in [1.54, 1.807) is 0 Å². The van der Waals surface area contributed by atoms with Crippen molar-refractivity contribution in [3.63, 3.8) is 0 Å². The molecule has 2 aliphatic heterocycles. The van der Waals surface area contributed by atoms with Crippen LogP contribution >= 0.6 is 11.6 Å². The molecule has 0 radical (unpaired) electrons. The van der Waals surface area contributed by atoms with Crippen molar-refractivity contribution in [2.45, 2.75) is 33.2 Å². The third-order valence-electron chi connectivity index (χ3n) is 5.17. The van der Waals surface area contributed by atoms with E-state index in [9.17, 15) is 0 Å². The van der Waals surface area contributed by atoms with E-state index < -0.39 is 0 Å². The molecule has 1 fully saturated rings. The summed E-state index contributed by atoms with van der Waals surface area (Å²) in [7, 11) is 0. The average molecular weight is 414 g/mol. The van der Waals surface area contributed by atoms with E-state index >= 15 is 0 Å². The van der Waals surface area contributed by atoms with E-state index in [0.29, 0.717) is 19.1 Å². The van der Waals surface area contributed by atoms with Crippen LogP contribution < -0.4 is 16.0 Å². The van der Waals surface area contributed by atoms with Gasteiger partial charge in [0.1, 0.15) is 0 Å². The fourth-order valence-corrected chi connectivity index (χ4v) is 4.00. The smallest absolute Gasteiger partial charge is 0.0786 e. The Morgan fingerprint density at radius 3 is 3.00 bits per heavy atom. The normalized spacial score (nSPS) is 25.5. The van der Waals surface area contributed by atoms with E-state index in [0.717, 1.165) is 48.2 Å². The SMILES string of the molecule is C\C=C/N=C1\C=C(CNC2=CNCC(Cl)=C2N2CCNCC2C)C=C\C1=C/CC. The lowest BCUT2D eigenvalue weighted by Crippen LogP contribution is -2.51. The molecule has 1 aliphatic carbocycles. The van der Waals surface area contributed by atoms with Crippen LogP contribution in [0.15, 0.2) is 75.3 Å². The molecule has 29 heavy (non-hydrogen) atoms. The number of aliphatic imine (C=N–C) groups is 1. The molecule has 3 N–H and O–H groups in total. The molecule has 1 unspecified atom stereocenters. The van der Waals surface area contributed by atoms with Crippen molar-refractivity contribution in [3.05, 3.63) is 70.4 Å². The Labute approximate surface area is 179 Å². The highest BCUT2D eigenvalue weighted by Gasteiger charge is 2.26. The molecule has 1 saturated heterocycles. The zero-order valence-electron chi connectivity index (χ0n) is 17.6. The van der Waals surface area contributed by atoms with Gasteiger partial charge in [-0.15, -0.1) is 0 Å². The first-order chi connectivity index (χ1) is 14.1. The molecule has 2 heterocycles. The number of allylic oxidation sites excluding steroid dienone is 5. The van der Waals surface area contributed by atoms with Gasteiger partial charge in [0.15, 0.2) is 0 Å². The van der Waals surface area contributed by atoms with Crippen molar-refractivity contribution >= 4 is 17.3 Å². The second-order valence-corrected chi connectivity index (χ2v) is 7.87. The van der Waals surface area contributed by atoms with Crippen LogP contribution in [0.1, 0.15) is 27.2 Å². The third kappa shape index (κ3) is 5.43. The Morgan fingerprint density at radius 1 is 1.38 bits per heavy atom. The first-order valence-corrected chi connectivity index (χ1v) is 10.8. The molecule has 0 spiro atoms. The lowest BCUT2D eigenvalue weighted by atomic mass is 9.99. The molecule has 0 aromatic heterocycles. The summed E-state index contributed by atoms with van der Waals surface area (Å²) < 4.78 is 0. The minimum atomic E-state index is 0.408. The van der Waals surface area contributed by atoms with Gasteiger partial charge in [0, 0.05) is 44.6 Å². The number of dihydropyridines is 1. The first kappa shape index (κ1) is 21.5. The Bertz CT molecular complexity index is 813. The summed E-state index contributed by atoms with van der Waals surface area (Å²) >= 11 is 6.64. The summed E-state index contributed by atoms with van der Waals surface area (Å²) in [6.07, 6.45) is 15.5. The lowest BCUT2D eigenvalue weighted by Gasteiger charge is -2.40. The maximum atomic E-state index is 6.64. The van der Waals surface area contributed by atoms with Crippen LogP contribution in [0, 0.1) is 0 Å². The number of nitrogens with zero attached hydrogens (tertiary/aromatic N) is 2. The fraction of sp³-hybridized carbons (Fsp3) is 0.435. The van der Waals surface area contributed by atoms with Gasteiger partial charge in [0.2, 0.25) is 0 Å². The maximum Gasteiger partial charge on any atom is 0.0786 e. The Morgan fingerprint density at radius 2 is 2.24 bits per heavy atom.